The van der Waals surface area contributed by atoms with Crippen LogP contribution in [-0.4, -0.2) is 29.4 Å². The van der Waals surface area contributed by atoms with Gasteiger partial charge in [0.2, 0.25) is 0 Å². The quantitative estimate of drug-likeness (QED) is 0.369. The van der Waals surface area contributed by atoms with E-state index < -0.39 is 0 Å². The van der Waals surface area contributed by atoms with Gasteiger partial charge in [-0.1, -0.05) is 26.0 Å². The van der Waals surface area contributed by atoms with Gasteiger partial charge in [0.1, 0.15) is 5.75 Å². The molecular weight excluding hydrogens is 441 g/mol. The molecule has 6 nitrogen and oxygen atoms in total. The Balaban J connectivity index is 0.00000338. The van der Waals surface area contributed by atoms with Crippen molar-refractivity contribution in [2.24, 2.45) is 18.0 Å². The van der Waals surface area contributed by atoms with Crippen molar-refractivity contribution in [1.29, 1.82) is 0 Å². The highest BCUT2D eigenvalue weighted by Crippen LogP contribution is 2.18. The first-order valence-corrected chi connectivity index (χ1v) is 8.66. The predicted octanol–water partition coefficient (Wildman–Crippen LogP) is 3.50. The van der Waals surface area contributed by atoms with Gasteiger partial charge in [0.05, 0.1) is 24.9 Å². The first-order chi connectivity index (χ1) is 12.0. The van der Waals surface area contributed by atoms with Crippen LogP contribution in [0.4, 0.5) is 0 Å². The number of guanidine groups is 1. The van der Waals surface area contributed by atoms with E-state index in [-0.39, 0.29) is 30.0 Å². The number of benzene rings is 1. The average molecular weight is 471 g/mol. The SMILES string of the molecule is CN=C(NCc1ccnn1C)NC(C)c1ccc(OCC(C)C)cc1.I. The largest absolute Gasteiger partial charge is 0.493 e. The van der Waals surface area contributed by atoms with E-state index in [0.29, 0.717) is 12.5 Å². The summed E-state index contributed by atoms with van der Waals surface area (Å²) in [6.07, 6.45) is 1.79. The third-order valence-corrected chi connectivity index (χ3v) is 3.90. The molecule has 0 radical (unpaired) electrons. The molecule has 2 aromatic rings. The average Bonchev–Trinajstić information content (AvgIpc) is 3.02. The predicted molar refractivity (Wildman–Crippen MR) is 117 cm³/mol. The zero-order chi connectivity index (χ0) is 18.2. The third kappa shape index (κ3) is 6.86. The van der Waals surface area contributed by atoms with Gasteiger partial charge in [-0.15, -0.1) is 24.0 Å². The first kappa shape index (κ1) is 22.3. The topological polar surface area (TPSA) is 63.5 Å². The Hall–Kier alpha value is -1.77. The number of halogens is 1. The maximum absolute atomic E-state index is 5.73. The number of rotatable bonds is 7. The molecule has 1 heterocycles. The summed E-state index contributed by atoms with van der Waals surface area (Å²) in [4.78, 5) is 4.29. The fourth-order valence-corrected chi connectivity index (χ4v) is 2.35. The summed E-state index contributed by atoms with van der Waals surface area (Å²) in [5.41, 5.74) is 2.28. The van der Waals surface area contributed by atoms with Crippen molar-refractivity contribution < 1.29 is 4.74 Å². The molecule has 2 rings (SSSR count). The minimum Gasteiger partial charge on any atom is -0.493 e. The molecule has 0 saturated carbocycles. The lowest BCUT2D eigenvalue weighted by Gasteiger charge is -2.19. The van der Waals surface area contributed by atoms with E-state index in [0.717, 1.165) is 24.0 Å². The fraction of sp³-hybridized carbons (Fsp3) is 0.474. The van der Waals surface area contributed by atoms with E-state index in [1.54, 1.807) is 13.2 Å². The maximum atomic E-state index is 5.73. The summed E-state index contributed by atoms with van der Waals surface area (Å²) in [5, 5.41) is 10.9. The Kier molecular flexibility index (Phi) is 9.47. The molecule has 7 heteroatoms. The van der Waals surface area contributed by atoms with Gasteiger partial charge >= 0.3 is 0 Å². The molecule has 0 fully saturated rings. The molecule has 0 amide bonds. The minimum atomic E-state index is 0. The van der Waals surface area contributed by atoms with E-state index in [1.165, 1.54) is 5.56 Å². The maximum Gasteiger partial charge on any atom is 0.191 e. The summed E-state index contributed by atoms with van der Waals surface area (Å²) in [5.74, 6) is 2.19. The number of hydrogen-bond acceptors (Lipinski definition) is 3. The van der Waals surface area contributed by atoms with Gasteiger partial charge < -0.3 is 15.4 Å². The van der Waals surface area contributed by atoms with Gasteiger partial charge in [0, 0.05) is 20.3 Å². The minimum absolute atomic E-state index is 0. The van der Waals surface area contributed by atoms with E-state index in [1.807, 2.05) is 29.9 Å². The lowest BCUT2D eigenvalue weighted by Crippen LogP contribution is -2.38. The lowest BCUT2D eigenvalue weighted by atomic mass is 10.1. The number of hydrogen-bond donors (Lipinski definition) is 2. The number of aryl methyl sites for hydroxylation is 1. The van der Waals surface area contributed by atoms with Crippen LogP contribution in [0.25, 0.3) is 0 Å². The Morgan fingerprint density at radius 3 is 2.42 bits per heavy atom. The van der Waals surface area contributed by atoms with E-state index in [4.69, 9.17) is 4.74 Å². The van der Waals surface area contributed by atoms with Crippen LogP contribution < -0.4 is 15.4 Å². The van der Waals surface area contributed by atoms with E-state index in [9.17, 15) is 0 Å². The van der Waals surface area contributed by atoms with Crippen molar-refractivity contribution >= 4 is 29.9 Å². The number of nitrogens with zero attached hydrogens (tertiary/aromatic N) is 3. The summed E-state index contributed by atoms with van der Waals surface area (Å²) < 4.78 is 7.58. The summed E-state index contributed by atoms with van der Waals surface area (Å²) in [6.45, 7) is 7.80. The molecule has 26 heavy (non-hydrogen) atoms. The molecule has 1 aromatic carbocycles. The number of nitrogens with one attached hydrogen (secondary N) is 2. The van der Waals surface area contributed by atoms with Crippen molar-refractivity contribution in [3.63, 3.8) is 0 Å². The monoisotopic (exact) mass is 471 g/mol. The Bertz CT molecular complexity index is 681. The smallest absolute Gasteiger partial charge is 0.191 e. The highest BCUT2D eigenvalue weighted by atomic mass is 127. The Labute approximate surface area is 173 Å². The molecule has 1 unspecified atom stereocenters. The second kappa shape index (κ2) is 11.1. The van der Waals surface area contributed by atoms with Crippen LogP contribution in [0.3, 0.4) is 0 Å². The van der Waals surface area contributed by atoms with Crippen LogP contribution in [0.2, 0.25) is 0 Å². The van der Waals surface area contributed by atoms with E-state index in [2.05, 4.69) is 53.6 Å². The van der Waals surface area contributed by atoms with Gasteiger partial charge in [-0.3, -0.25) is 9.67 Å². The zero-order valence-corrected chi connectivity index (χ0v) is 18.5. The molecule has 0 spiro atoms. The summed E-state index contributed by atoms with van der Waals surface area (Å²) in [7, 11) is 3.70. The number of aliphatic imine (C=N–C) groups is 1. The highest BCUT2D eigenvalue weighted by molar-refractivity contribution is 14.0. The van der Waals surface area contributed by atoms with Gasteiger partial charge in [0.15, 0.2) is 5.96 Å². The molecule has 0 aliphatic rings. The molecule has 0 aliphatic heterocycles. The Morgan fingerprint density at radius 2 is 1.88 bits per heavy atom. The standard InChI is InChI=1S/C19H29N5O.HI/c1-14(2)13-25-18-8-6-16(7-9-18)15(3)23-19(20-4)21-12-17-10-11-22-24(17)5;/h6-11,14-15H,12-13H2,1-5H3,(H2,20,21,23);1H. The molecule has 1 aromatic heterocycles. The van der Waals surface area contributed by atoms with Crippen molar-refractivity contribution in [3.8, 4) is 5.75 Å². The second-order valence-electron chi connectivity index (χ2n) is 6.51. The Morgan fingerprint density at radius 1 is 1.19 bits per heavy atom. The van der Waals surface area contributed by atoms with Crippen molar-refractivity contribution in [1.82, 2.24) is 20.4 Å². The van der Waals surface area contributed by atoms with Crippen LogP contribution in [0.5, 0.6) is 5.75 Å². The van der Waals surface area contributed by atoms with Crippen LogP contribution in [-0.2, 0) is 13.6 Å². The number of aromatic nitrogens is 2. The van der Waals surface area contributed by atoms with Crippen LogP contribution in [0.1, 0.15) is 38.1 Å². The summed E-state index contributed by atoms with van der Waals surface area (Å²) >= 11 is 0. The van der Waals surface area contributed by atoms with Crippen molar-refractivity contribution in [3.05, 3.63) is 47.8 Å². The number of ether oxygens (including phenoxy) is 1. The fourth-order valence-electron chi connectivity index (χ4n) is 2.35. The zero-order valence-electron chi connectivity index (χ0n) is 16.2. The van der Waals surface area contributed by atoms with Gasteiger partial charge in [-0.25, -0.2) is 0 Å². The third-order valence-electron chi connectivity index (χ3n) is 3.90. The normalized spacial score (nSPS) is 12.5. The molecular formula is C19H30IN5O. The highest BCUT2D eigenvalue weighted by Gasteiger charge is 2.09. The van der Waals surface area contributed by atoms with Crippen LogP contribution in [0.15, 0.2) is 41.5 Å². The van der Waals surface area contributed by atoms with Gasteiger partial charge in [-0.05, 0) is 36.6 Å². The van der Waals surface area contributed by atoms with Crippen LogP contribution in [0, 0.1) is 5.92 Å². The summed E-state index contributed by atoms with van der Waals surface area (Å²) in [6, 6.07) is 10.3. The second-order valence-corrected chi connectivity index (χ2v) is 6.51. The van der Waals surface area contributed by atoms with Gasteiger partial charge in [0.25, 0.3) is 0 Å². The molecule has 144 valence electrons. The van der Waals surface area contributed by atoms with Crippen molar-refractivity contribution in [2.45, 2.75) is 33.4 Å². The molecule has 0 saturated heterocycles. The molecule has 0 aliphatic carbocycles. The van der Waals surface area contributed by atoms with Crippen molar-refractivity contribution in [2.75, 3.05) is 13.7 Å². The first-order valence-electron chi connectivity index (χ1n) is 8.66. The molecule has 2 N–H and O–H groups in total. The molecule has 1 atom stereocenters. The lowest BCUT2D eigenvalue weighted by molar-refractivity contribution is 0.271. The van der Waals surface area contributed by atoms with Gasteiger partial charge in [-0.2, -0.15) is 5.10 Å². The van der Waals surface area contributed by atoms with E-state index >= 15 is 0 Å². The van der Waals surface area contributed by atoms with Crippen LogP contribution >= 0.6 is 24.0 Å². The molecule has 0 bridgehead atoms.